The van der Waals surface area contributed by atoms with Gasteiger partial charge in [0.05, 0.1) is 6.26 Å². The Labute approximate surface area is 78.9 Å². The van der Waals surface area contributed by atoms with E-state index in [1.807, 2.05) is 0 Å². The van der Waals surface area contributed by atoms with Crippen molar-refractivity contribution in [3.8, 4) is 0 Å². The van der Waals surface area contributed by atoms with Gasteiger partial charge in [0, 0.05) is 12.0 Å². The number of rotatable bonds is 0. The molecule has 2 nitrogen and oxygen atoms in total. The maximum absolute atomic E-state index is 12.7. The van der Waals surface area contributed by atoms with E-state index in [9.17, 15) is 13.2 Å². The molecule has 0 fully saturated rings. The first-order chi connectivity index (χ1) is 6.45. The Morgan fingerprint density at radius 2 is 2.14 bits per heavy atom. The lowest BCUT2D eigenvalue weighted by Crippen LogP contribution is -2.52. The fourth-order valence-corrected chi connectivity index (χ4v) is 1.89. The van der Waals surface area contributed by atoms with E-state index in [2.05, 4.69) is 0 Å². The van der Waals surface area contributed by atoms with Gasteiger partial charge >= 0.3 is 6.18 Å². The van der Waals surface area contributed by atoms with Crippen LogP contribution in [0.25, 0.3) is 0 Å². The molecule has 0 spiro atoms. The third-order valence-corrected chi connectivity index (χ3v) is 2.71. The summed E-state index contributed by atoms with van der Waals surface area (Å²) in [6.07, 6.45) is -2.26. The van der Waals surface area contributed by atoms with Crippen LogP contribution in [0.5, 0.6) is 0 Å². The smallest absolute Gasteiger partial charge is 0.410 e. The van der Waals surface area contributed by atoms with Gasteiger partial charge in [0.25, 0.3) is 0 Å². The van der Waals surface area contributed by atoms with Crippen LogP contribution >= 0.6 is 0 Å². The molecular weight excluding hydrogens is 195 g/mol. The molecule has 1 aromatic rings. The van der Waals surface area contributed by atoms with Gasteiger partial charge in [-0.1, -0.05) is 0 Å². The van der Waals surface area contributed by atoms with Crippen molar-refractivity contribution in [1.82, 2.24) is 0 Å². The molecule has 0 aliphatic heterocycles. The lowest BCUT2D eigenvalue weighted by atomic mass is 9.80. The molecule has 78 valence electrons. The van der Waals surface area contributed by atoms with Crippen molar-refractivity contribution in [3.05, 3.63) is 23.7 Å². The van der Waals surface area contributed by atoms with Gasteiger partial charge in [0.1, 0.15) is 11.3 Å². The van der Waals surface area contributed by atoms with Crippen molar-refractivity contribution in [3.63, 3.8) is 0 Å². The van der Waals surface area contributed by atoms with E-state index in [0.29, 0.717) is 18.6 Å². The quantitative estimate of drug-likeness (QED) is 0.706. The minimum absolute atomic E-state index is 0.0664. The molecule has 0 amide bonds. The molecule has 1 unspecified atom stereocenters. The number of hydrogen-bond acceptors (Lipinski definition) is 2. The van der Waals surface area contributed by atoms with Gasteiger partial charge in [-0.05, 0) is 18.9 Å². The Morgan fingerprint density at radius 3 is 2.79 bits per heavy atom. The van der Waals surface area contributed by atoms with Crippen LogP contribution in [0.15, 0.2) is 16.7 Å². The highest BCUT2D eigenvalue weighted by Crippen LogP contribution is 2.44. The summed E-state index contributed by atoms with van der Waals surface area (Å²) >= 11 is 0. The number of hydrogen-bond donors (Lipinski definition) is 1. The predicted molar refractivity (Wildman–Crippen MR) is 43.6 cm³/mol. The van der Waals surface area contributed by atoms with E-state index in [-0.39, 0.29) is 12.0 Å². The minimum atomic E-state index is -4.41. The topological polar surface area (TPSA) is 39.2 Å². The first-order valence-corrected chi connectivity index (χ1v) is 4.37. The highest BCUT2D eigenvalue weighted by atomic mass is 19.4. The summed E-state index contributed by atoms with van der Waals surface area (Å²) in [7, 11) is 0. The first-order valence-electron chi connectivity index (χ1n) is 4.37. The first kappa shape index (κ1) is 9.58. The van der Waals surface area contributed by atoms with E-state index in [1.54, 1.807) is 0 Å². The third-order valence-electron chi connectivity index (χ3n) is 2.71. The highest BCUT2D eigenvalue weighted by Gasteiger charge is 2.55. The van der Waals surface area contributed by atoms with Gasteiger partial charge in [-0.15, -0.1) is 0 Å². The summed E-state index contributed by atoms with van der Waals surface area (Å²) in [6.45, 7) is 0. The van der Waals surface area contributed by atoms with Crippen LogP contribution in [-0.4, -0.2) is 6.18 Å². The fourth-order valence-electron chi connectivity index (χ4n) is 1.89. The summed E-state index contributed by atoms with van der Waals surface area (Å²) in [5.41, 5.74) is 3.29. The molecular formula is C9H10F3NO. The number of fused-ring (bicyclic) bond motifs is 1. The molecule has 0 saturated heterocycles. The van der Waals surface area contributed by atoms with E-state index in [4.69, 9.17) is 10.2 Å². The summed E-state index contributed by atoms with van der Waals surface area (Å²) in [6, 6.07) is 1.32. The molecule has 2 rings (SSSR count). The summed E-state index contributed by atoms with van der Waals surface area (Å²) in [5, 5.41) is 0. The third kappa shape index (κ3) is 1.15. The Bertz CT molecular complexity index is 344. The number of halogens is 3. The average Bonchev–Trinajstić information content (AvgIpc) is 2.51. The van der Waals surface area contributed by atoms with Crippen molar-refractivity contribution in [2.75, 3.05) is 0 Å². The minimum Gasteiger partial charge on any atom is -0.469 e. The van der Waals surface area contributed by atoms with Gasteiger partial charge in [-0.2, -0.15) is 13.2 Å². The fraction of sp³-hybridized carbons (Fsp3) is 0.556. The van der Waals surface area contributed by atoms with Crippen LogP contribution in [0.4, 0.5) is 13.2 Å². The van der Waals surface area contributed by atoms with Crippen molar-refractivity contribution in [1.29, 1.82) is 0 Å². The molecule has 0 bridgehead atoms. The number of alkyl halides is 3. The Kier molecular flexibility index (Phi) is 1.89. The number of furan rings is 1. The number of nitrogens with two attached hydrogens (primary N) is 1. The second-order valence-corrected chi connectivity index (χ2v) is 3.58. The van der Waals surface area contributed by atoms with Gasteiger partial charge < -0.3 is 10.2 Å². The van der Waals surface area contributed by atoms with E-state index in [1.165, 1.54) is 12.3 Å². The van der Waals surface area contributed by atoms with Gasteiger partial charge in [0.15, 0.2) is 0 Å². The molecule has 14 heavy (non-hydrogen) atoms. The monoisotopic (exact) mass is 205 g/mol. The summed E-state index contributed by atoms with van der Waals surface area (Å²) in [4.78, 5) is 0. The molecule has 1 heterocycles. The van der Waals surface area contributed by atoms with Crippen LogP contribution in [0, 0.1) is 0 Å². The van der Waals surface area contributed by atoms with Crippen LogP contribution in [0.3, 0.4) is 0 Å². The molecule has 1 aliphatic rings. The second kappa shape index (κ2) is 2.76. The molecule has 2 N–H and O–H groups in total. The highest BCUT2D eigenvalue weighted by molar-refractivity contribution is 5.31. The maximum Gasteiger partial charge on any atom is 0.410 e. The van der Waals surface area contributed by atoms with E-state index < -0.39 is 11.7 Å². The molecule has 1 aliphatic carbocycles. The SMILES string of the molecule is NC1(C(F)(F)F)CCCc2occc21. The Morgan fingerprint density at radius 1 is 1.43 bits per heavy atom. The zero-order valence-electron chi connectivity index (χ0n) is 7.40. The molecule has 1 atom stereocenters. The standard InChI is InChI=1S/C9H10F3NO/c10-9(11,12)8(13)4-1-2-7-6(8)3-5-14-7/h3,5H,1-2,4,13H2. The van der Waals surface area contributed by atoms with E-state index >= 15 is 0 Å². The van der Waals surface area contributed by atoms with Gasteiger partial charge in [-0.3, -0.25) is 0 Å². The predicted octanol–water partition coefficient (Wildman–Crippen LogP) is 2.33. The molecule has 0 saturated carbocycles. The van der Waals surface area contributed by atoms with Crippen LogP contribution in [0.1, 0.15) is 24.2 Å². The zero-order valence-corrected chi connectivity index (χ0v) is 7.40. The van der Waals surface area contributed by atoms with Crippen molar-refractivity contribution < 1.29 is 17.6 Å². The Balaban J connectivity index is 2.50. The Hall–Kier alpha value is -0.970. The summed E-state index contributed by atoms with van der Waals surface area (Å²) in [5.74, 6) is 0.371. The van der Waals surface area contributed by atoms with E-state index in [0.717, 1.165) is 0 Å². The molecule has 0 radical (unpaired) electrons. The lowest BCUT2D eigenvalue weighted by Gasteiger charge is -2.34. The summed E-state index contributed by atoms with van der Waals surface area (Å²) < 4.78 is 43.1. The molecule has 1 aromatic heterocycles. The average molecular weight is 205 g/mol. The largest absolute Gasteiger partial charge is 0.469 e. The normalized spacial score (nSPS) is 27.4. The zero-order chi connectivity index (χ0) is 10.4. The molecule has 0 aromatic carbocycles. The van der Waals surface area contributed by atoms with Gasteiger partial charge in [0.2, 0.25) is 0 Å². The van der Waals surface area contributed by atoms with Crippen molar-refractivity contribution >= 4 is 0 Å². The number of aryl methyl sites for hydroxylation is 1. The second-order valence-electron chi connectivity index (χ2n) is 3.58. The van der Waals surface area contributed by atoms with Crippen molar-refractivity contribution in [2.24, 2.45) is 5.73 Å². The van der Waals surface area contributed by atoms with Crippen LogP contribution in [0.2, 0.25) is 0 Å². The maximum atomic E-state index is 12.7. The molecule has 5 heteroatoms. The van der Waals surface area contributed by atoms with Crippen LogP contribution in [-0.2, 0) is 12.0 Å². The van der Waals surface area contributed by atoms with Gasteiger partial charge in [-0.25, -0.2) is 0 Å². The van der Waals surface area contributed by atoms with Crippen molar-refractivity contribution in [2.45, 2.75) is 31.0 Å². The lowest BCUT2D eigenvalue weighted by molar-refractivity contribution is -0.194. The van der Waals surface area contributed by atoms with Crippen LogP contribution < -0.4 is 5.73 Å².